The number of carbonyl (C=O) groups is 1. The Morgan fingerprint density at radius 2 is 1.57 bits per heavy atom. The lowest BCUT2D eigenvalue weighted by molar-refractivity contribution is -0.143. The molecule has 0 saturated carbocycles. The van der Waals surface area contributed by atoms with E-state index >= 15 is 0 Å². The lowest BCUT2D eigenvalue weighted by atomic mass is 9.75. The maximum Gasteiger partial charge on any atom is 0.497 e. The van der Waals surface area contributed by atoms with Crippen LogP contribution in [0.3, 0.4) is 0 Å². The SMILES string of the molecule is Cc1c(B2OC(C)(C)C(C)(C)O2)c(C(=O)NCC(C)(C)C)c(C(F)(F)F)n1C. The number of amides is 1. The molecule has 1 saturated heterocycles. The van der Waals surface area contributed by atoms with Gasteiger partial charge in [0, 0.05) is 24.7 Å². The molecular formula is C19H30BF3N2O3. The number of halogens is 3. The van der Waals surface area contributed by atoms with Crippen LogP contribution in [0.2, 0.25) is 0 Å². The fourth-order valence-corrected chi connectivity index (χ4v) is 3.07. The minimum absolute atomic E-state index is 0.125. The van der Waals surface area contributed by atoms with Crippen molar-refractivity contribution in [1.82, 2.24) is 9.88 Å². The molecule has 0 spiro atoms. The van der Waals surface area contributed by atoms with E-state index in [1.165, 1.54) is 14.0 Å². The number of hydrogen-bond donors (Lipinski definition) is 1. The summed E-state index contributed by atoms with van der Waals surface area (Å²) in [5.41, 5.74) is -2.78. The van der Waals surface area contributed by atoms with E-state index in [2.05, 4.69) is 5.32 Å². The third-order valence-electron chi connectivity index (χ3n) is 5.50. The van der Waals surface area contributed by atoms with Crippen LogP contribution >= 0.6 is 0 Å². The highest BCUT2D eigenvalue weighted by molar-refractivity contribution is 6.64. The molecule has 1 aliphatic heterocycles. The van der Waals surface area contributed by atoms with Crippen LogP contribution in [0.5, 0.6) is 0 Å². The van der Waals surface area contributed by atoms with Crippen molar-refractivity contribution in [3.63, 3.8) is 0 Å². The van der Waals surface area contributed by atoms with Gasteiger partial charge in [-0.25, -0.2) is 0 Å². The van der Waals surface area contributed by atoms with Gasteiger partial charge >= 0.3 is 13.3 Å². The predicted molar refractivity (Wildman–Crippen MR) is 103 cm³/mol. The number of nitrogens with one attached hydrogen (secondary N) is 1. The molecule has 2 heterocycles. The summed E-state index contributed by atoms with van der Waals surface area (Å²) in [4.78, 5) is 12.9. The summed E-state index contributed by atoms with van der Waals surface area (Å²) in [6.07, 6.45) is -4.70. The molecule has 0 radical (unpaired) electrons. The van der Waals surface area contributed by atoms with E-state index in [0.717, 1.165) is 4.57 Å². The Bertz CT molecular complexity index is 761. The largest absolute Gasteiger partial charge is 0.497 e. The van der Waals surface area contributed by atoms with Crippen molar-refractivity contribution in [3.05, 3.63) is 17.0 Å². The Balaban J connectivity index is 2.62. The van der Waals surface area contributed by atoms with Gasteiger partial charge in [-0.1, -0.05) is 20.8 Å². The number of carbonyl (C=O) groups excluding carboxylic acids is 1. The Kier molecular flexibility index (Phi) is 5.54. The molecule has 0 aliphatic carbocycles. The molecular weight excluding hydrogens is 372 g/mol. The second-order valence-electron chi connectivity index (χ2n) is 9.61. The first-order valence-corrected chi connectivity index (χ1v) is 9.29. The first-order chi connectivity index (χ1) is 12.4. The molecule has 28 heavy (non-hydrogen) atoms. The number of nitrogens with zero attached hydrogens (tertiary/aromatic N) is 1. The average Bonchev–Trinajstić information content (AvgIpc) is 2.86. The van der Waals surface area contributed by atoms with Crippen molar-refractivity contribution >= 4 is 18.5 Å². The van der Waals surface area contributed by atoms with Gasteiger partial charge < -0.3 is 19.2 Å². The van der Waals surface area contributed by atoms with Gasteiger partial charge in [-0.3, -0.25) is 4.79 Å². The van der Waals surface area contributed by atoms with Gasteiger partial charge in [0.2, 0.25) is 0 Å². The Hall–Kier alpha value is -1.48. The zero-order chi connectivity index (χ0) is 21.9. The van der Waals surface area contributed by atoms with Crippen LogP contribution in [0, 0.1) is 12.3 Å². The Labute approximate surface area is 165 Å². The molecule has 5 nitrogen and oxygen atoms in total. The molecule has 1 aromatic rings. The van der Waals surface area contributed by atoms with Crippen LogP contribution in [-0.2, 0) is 22.5 Å². The van der Waals surface area contributed by atoms with Crippen LogP contribution in [-0.4, -0.2) is 35.3 Å². The van der Waals surface area contributed by atoms with E-state index in [9.17, 15) is 18.0 Å². The molecule has 1 N–H and O–H groups in total. The molecule has 1 aromatic heterocycles. The van der Waals surface area contributed by atoms with Gasteiger partial charge in [-0.05, 0) is 40.0 Å². The zero-order valence-corrected chi connectivity index (χ0v) is 18.1. The normalized spacial score (nSPS) is 19.2. The van der Waals surface area contributed by atoms with Crippen LogP contribution < -0.4 is 10.8 Å². The van der Waals surface area contributed by atoms with Gasteiger partial charge in [-0.2, -0.15) is 13.2 Å². The topological polar surface area (TPSA) is 52.5 Å². The van der Waals surface area contributed by atoms with Gasteiger partial charge in [0.1, 0.15) is 5.69 Å². The maximum atomic E-state index is 13.8. The Morgan fingerprint density at radius 3 is 1.96 bits per heavy atom. The monoisotopic (exact) mass is 402 g/mol. The molecule has 1 amide bonds. The van der Waals surface area contributed by atoms with Crippen LogP contribution in [0.25, 0.3) is 0 Å². The number of rotatable bonds is 3. The van der Waals surface area contributed by atoms with Crippen molar-refractivity contribution in [2.45, 2.75) is 72.8 Å². The molecule has 0 atom stereocenters. The third-order valence-corrected chi connectivity index (χ3v) is 5.50. The lowest BCUT2D eigenvalue weighted by Gasteiger charge is -2.32. The summed E-state index contributed by atoms with van der Waals surface area (Å²) in [6.45, 7) is 14.7. The summed E-state index contributed by atoms with van der Waals surface area (Å²) in [6, 6.07) is 0. The second-order valence-corrected chi connectivity index (χ2v) is 9.61. The number of hydrogen-bond acceptors (Lipinski definition) is 3. The van der Waals surface area contributed by atoms with Crippen molar-refractivity contribution in [1.29, 1.82) is 0 Å². The lowest BCUT2D eigenvalue weighted by Crippen LogP contribution is -2.42. The van der Waals surface area contributed by atoms with E-state index in [-0.39, 0.29) is 23.1 Å². The maximum absolute atomic E-state index is 13.8. The summed E-state index contributed by atoms with van der Waals surface area (Å²) >= 11 is 0. The number of alkyl halides is 3. The van der Waals surface area contributed by atoms with E-state index in [4.69, 9.17) is 9.31 Å². The molecule has 1 fully saturated rings. The highest BCUT2D eigenvalue weighted by atomic mass is 19.4. The second kappa shape index (κ2) is 6.80. The molecule has 0 aromatic carbocycles. The summed E-state index contributed by atoms with van der Waals surface area (Å²) < 4.78 is 54.5. The summed E-state index contributed by atoms with van der Waals surface area (Å²) in [7, 11) is 0.232. The molecule has 1 aliphatic rings. The molecule has 9 heteroatoms. The van der Waals surface area contributed by atoms with Crippen molar-refractivity contribution < 1.29 is 27.3 Å². The van der Waals surface area contributed by atoms with Gasteiger partial charge in [0.05, 0.1) is 16.8 Å². The van der Waals surface area contributed by atoms with E-state index in [0.29, 0.717) is 0 Å². The van der Waals surface area contributed by atoms with Crippen molar-refractivity contribution in [2.75, 3.05) is 6.54 Å². The van der Waals surface area contributed by atoms with E-state index in [1.54, 1.807) is 0 Å². The zero-order valence-electron chi connectivity index (χ0n) is 18.1. The standard InChI is InChI=1S/C19H30BF3N2O3/c1-11-13(20-27-17(5,6)18(7,8)28-20)12(14(25(11)9)19(21,22)23)15(26)24-10-16(2,3)4/h10H2,1-9H3,(H,24,26). The minimum atomic E-state index is -4.70. The molecule has 0 unspecified atom stereocenters. The Morgan fingerprint density at radius 1 is 1.11 bits per heavy atom. The predicted octanol–water partition coefficient (Wildman–Crippen LogP) is 3.43. The fraction of sp³-hybridized carbons (Fsp3) is 0.737. The minimum Gasteiger partial charge on any atom is -0.399 e. The first kappa shape index (κ1) is 22.8. The van der Waals surface area contributed by atoms with Crippen molar-refractivity contribution in [3.8, 4) is 0 Å². The fourth-order valence-electron chi connectivity index (χ4n) is 3.07. The van der Waals surface area contributed by atoms with Crippen LogP contribution in [0.1, 0.15) is 70.2 Å². The highest BCUT2D eigenvalue weighted by Gasteiger charge is 2.55. The van der Waals surface area contributed by atoms with Crippen LogP contribution in [0.4, 0.5) is 13.2 Å². The quantitative estimate of drug-likeness (QED) is 0.789. The van der Waals surface area contributed by atoms with E-state index in [1.807, 2.05) is 48.5 Å². The summed E-state index contributed by atoms with van der Waals surface area (Å²) in [5.74, 6) is -0.782. The first-order valence-electron chi connectivity index (χ1n) is 9.29. The van der Waals surface area contributed by atoms with Crippen LogP contribution in [0.15, 0.2) is 0 Å². The van der Waals surface area contributed by atoms with Gasteiger partial charge in [0.15, 0.2) is 0 Å². The molecule has 0 bridgehead atoms. The summed E-state index contributed by atoms with van der Waals surface area (Å²) in [5, 5.41) is 2.63. The van der Waals surface area contributed by atoms with Crippen molar-refractivity contribution in [2.24, 2.45) is 12.5 Å². The molecule has 2 rings (SSSR count). The highest BCUT2D eigenvalue weighted by Crippen LogP contribution is 2.39. The van der Waals surface area contributed by atoms with E-state index < -0.39 is 41.7 Å². The van der Waals surface area contributed by atoms with Gasteiger partial charge in [0.25, 0.3) is 5.91 Å². The average molecular weight is 402 g/mol. The third kappa shape index (κ3) is 4.10. The van der Waals surface area contributed by atoms with Gasteiger partial charge in [-0.15, -0.1) is 0 Å². The smallest absolute Gasteiger partial charge is 0.399 e. The molecule has 158 valence electrons. The number of aromatic nitrogens is 1.